The van der Waals surface area contributed by atoms with Crippen LogP contribution in [0.2, 0.25) is 0 Å². The van der Waals surface area contributed by atoms with Gasteiger partial charge in [0.1, 0.15) is 5.82 Å². The molecule has 0 aliphatic rings. The van der Waals surface area contributed by atoms with Crippen molar-refractivity contribution in [3.63, 3.8) is 0 Å². The first-order chi connectivity index (χ1) is 9.18. The lowest BCUT2D eigenvalue weighted by Crippen LogP contribution is -2.27. The van der Waals surface area contributed by atoms with Crippen molar-refractivity contribution in [3.05, 3.63) is 29.6 Å². The van der Waals surface area contributed by atoms with Crippen molar-refractivity contribution in [2.45, 2.75) is 23.9 Å². The molecular weight excluding hydrogens is 300 g/mol. The minimum absolute atomic E-state index is 0.0335. The van der Waals surface area contributed by atoms with Gasteiger partial charge in [0.25, 0.3) is 0 Å². The Morgan fingerprint density at radius 2 is 1.85 bits per heavy atom. The molecule has 0 atom stereocenters. The molecule has 1 rings (SSSR count). The van der Waals surface area contributed by atoms with Crippen LogP contribution < -0.4 is 10.5 Å². The number of benzene rings is 1. The molecular formula is C11H14F4N2O2S. The van der Waals surface area contributed by atoms with Gasteiger partial charge in [0.2, 0.25) is 10.0 Å². The summed E-state index contributed by atoms with van der Waals surface area (Å²) in [5.41, 5.74) is 3.70. The Bertz CT molecular complexity index is 558. The van der Waals surface area contributed by atoms with Crippen LogP contribution in [0.15, 0.2) is 23.1 Å². The standard InChI is InChI=1S/C11H14F4N2O2S/c12-8-3-4-10(9(7-8)11(13,14)15)20(18,19)17-6-2-1-5-16/h3-4,7,17H,1-2,5-6,16H2. The predicted molar refractivity (Wildman–Crippen MR) is 64.9 cm³/mol. The molecule has 0 unspecified atom stereocenters. The summed E-state index contributed by atoms with van der Waals surface area (Å²) >= 11 is 0. The number of nitrogens with two attached hydrogens (primary N) is 1. The number of nitrogens with one attached hydrogen (secondary N) is 1. The molecule has 114 valence electrons. The van der Waals surface area contributed by atoms with Crippen LogP contribution in [0.1, 0.15) is 18.4 Å². The first kappa shape index (κ1) is 16.9. The third kappa shape index (κ3) is 4.43. The molecule has 0 saturated heterocycles. The van der Waals surface area contributed by atoms with Gasteiger partial charge < -0.3 is 5.73 Å². The number of unbranched alkanes of at least 4 members (excludes halogenated alkanes) is 1. The van der Waals surface area contributed by atoms with Gasteiger partial charge >= 0.3 is 6.18 Å². The first-order valence-corrected chi connectivity index (χ1v) is 7.23. The summed E-state index contributed by atoms with van der Waals surface area (Å²) in [7, 11) is -4.35. The molecule has 0 radical (unpaired) electrons. The summed E-state index contributed by atoms with van der Waals surface area (Å²) < 4.78 is 76.7. The summed E-state index contributed by atoms with van der Waals surface area (Å²) in [5, 5.41) is 0. The Kier molecular flexibility index (Phi) is 5.49. The fourth-order valence-corrected chi connectivity index (χ4v) is 2.79. The van der Waals surface area contributed by atoms with E-state index < -0.39 is 32.5 Å². The maximum Gasteiger partial charge on any atom is 0.417 e. The van der Waals surface area contributed by atoms with Gasteiger partial charge in [0.05, 0.1) is 10.5 Å². The van der Waals surface area contributed by atoms with Crippen molar-refractivity contribution >= 4 is 10.0 Å². The minimum atomic E-state index is -4.95. The highest BCUT2D eigenvalue weighted by atomic mass is 32.2. The molecule has 4 nitrogen and oxygen atoms in total. The van der Waals surface area contributed by atoms with E-state index >= 15 is 0 Å². The Balaban J connectivity index is 3.06. The van der Waals surface area contributed by atoms with Crippen LogP contribution in [-0.2, 0) is 16.2 Å². The average molecular weight is 314 g/mol. The van der Waals surface area contributed by atoms with Gasteiger partial charge in [-0.05, 0) is 37.6 Å². The SMILES string of the molecule is NCCCCNS(=O)(=O)c1ccc(F)cc1C(F)(F)F. The molecule has 1 aromatic carbocycles. The molecule has 20 heavy (non-hydrogen) atoms. The smallest absolute Gasteiger partial charge is 0.330 e. The van der Waals surface area contributed by atoms with E-state index in [0.29, 0.717) is 31.5 Å². The van der Waals surface area contributed by atoms with Crippen molar-refractivity contribution in [1.82, 2.24) is 4.72 Å². The topological polar surface area (TPSA) is 72.2 Å². The van der Waals surface area contributed by atoms with Gasteiger partial charge in [-0.3, -0.25) is 0 Å². The van der Waals surface area contributed by atoms with Gasteiger partial charge in [-0.2, -0.15) is 13.2 Å². The highest BCUT2D eigenvalue weighted by molar-refractivity contribution is 7.89. The molecule has 1 aromatic rings. The van der Waals surface area contributed by atoms with Crippen LogP contribution in [0.5, 0.6) is 0 Å². The van der Waals surface area contributed by atoms with Crippen molar-refractivity contribution < 1.29 is 26.0 Å². The lowest BCUT2D eigenvalue weighted by molar-refractivity contribution is -0.140. The highest BCUT2D eigenvalue weighted by Gasteiger charge is 2.37. The lowest BCUT2D eigenvalue weighted by atomic mass is 10.2. The normalized spacial score (nSPS) is 12.7. The van der Waals surface area contributed by atoms with Crippen molar-refractivity contribution in [2.24, 2.45) is 5.73 Å². The second kappa shape index (κ2) is 6.51. The molecule has 0 aliphatic heterocycles. The molecule has 0 spiro atoms. The average Bonchev–Trinajstić information content (AvgIpc) is 2.33. The van der Waals surface area contributed by atoms with Crippen LogP contribution >= 0.6 is 0 Å². The predicted octanol–water partition coefficient (Wildman–Crippen LogP) is 1.86. The van der Waals surface area contributed by atoms with E-state index in [4.69, 9.17) is 5.73 Å². The van der Waals surface area contributed by atoms with Gasteiger partial charge in [0, 0.05) is 6.54 Å². The first-order valence-electron chi connectivity index (χ1n) is 5.75. The number of hydrogen-bond donors (Lipinski definition) is 2. The zero-order valence-corrected chi connectivity index (χ0v) is 11.2. The molecule has 0 heterocycles. The van der Waals surface area contributed by atoms with Crippen LogP contribution in [0.4, 0.5) is 17.6 Å². The van der Waals surface area contributed by atoms with Crippen LogP contribution in [0.25, 0.3) is 0 Å². The second-order valence-electron chi connectivity index (χ2n) is 4.03. The van der Waals surface area contributed by atoms with Crippen LogP contribution in [0, 0.1) is 5.82 Å². The number of alkyl halides is 3. The third-order valence-corrected chi connectivity index (χ3v) is 3.98. The van der Waals surface area contributed by atoms with E-state index in [0.717, 1.165) is 0 Å². The maximum atomic E-state index is 12.9. The third-order valence-electron chi connectivity index (χ3n) is 2.46. The van der Waals surface area contributed by atoms with Crippen molar-refractivity contribution in [3.8, 4) is 0 Å². The van der Waals surface area contributed by atoms with E-state index in [-0.39, 0.29) is 12.6 Å². The zero-order chi connectivity index (χ0) is 15.4. The summed E-state index contributed by atoms with van der Waals surface area (Å²) in [6.45, 7) is 0.320. The van der Waals surface area contributed by atoms with E-state index in [2.05, 4.69) is 0 Å². The highest BCUT2D eigenvalue weighted by Crippen LogP contribution is 2.34. The van der Waals surface area contributed by atoms with E-state index in [1.165, 1.54) is 0 Å². The Morgan fingerprint density at radius 3 is 2.40 bits per heavy atom. The number of halogens is 4. The molecule has 3 N–H and O–H groups in total. The molecule has 0 saturated carbocycles. The fraction of sp³-hybridized carbons (Fsp3) is 0.455. The monoisotopic (exact) mass is 314 g/mol. The molecule has 0 amide bonds. The van der Waals surface area contributed by atoms with Gasteiger partial charge in [-0.15, -0.1) is 0 Å². The summed E-state index contributed by atoms with van der Waals surface area (Å²) in [6.07, 6.45) is -4.01. The van der Waals surface area contributed by atoms with Crippen LogP contribution in [0.3, 0.4) is 0 Å². The Labute approximate surface area is 114 Å². The largest absolute Gasteiger partial charge is 0.417 e. The van der Waals surface area contributed by atoms with Gasteiger partial charge in [-0.25, -0.2) is 17.5 Å². The summed E-state index contributed by atoms with van der Waals surface area (Å²) in [6, 6.07) is 1.43. The number of rotatable bonds is 6. The second-order valence-corrected chi connectivity index (χ2v) is 5.77. The summed E-state index contributed by atoms with van der Waals surface area (Å²) in [4.78, 5) is -0.987. The minimum Gasteiger partial charge on any atom is -0.330 e. The van der Waals surface area contributed by atoms with E-state index in [9.17, 15) is 26.0 Å². The zero-order valence-electron chi connectivity index (χ0n) is 10.4. The van der Waals surface area contributed by atoms with E-state index in [1.807, 2.05) is 4.72 Å². The molecule has 0 bridgehead atoms. The maximum absolute atomic E-state index is 12.9. The quantitative estimate of drug-likeness (QED) is 0.622. The lowest BCUT2D eigenvalue weighted by Gasteiger charge is -2.14. The summed E-state index contributed by atoms with van der Waals surface area (Å²) in [5.74, 6) is -1.15. The van der Waals surface area contributed by atoms with Gasteiger partial charge in [0.15, 0.2) is 0 Å². The van der Waals surface area contributed by atoms with Crippen LogP contribution in [-0.4, -0.2) is 21.5 Å². The molecule has 9 heteroatoms. The molecule has 0 aliphatic carbocycles. The molecule has 0 aromatic heterocycles. The Morgan fingerprint density at radius 1 is 1.20 bits per heavy atom. The fourth-order valence-electron chi connectivity index (χ4n) is 1.51. The number of hydrogen-bond acceptors (Lipinski definition) is 3. The van der Waals surface area contributed by atoms with Gasteiger partial charge in [-0.1, -0.05) is 0 Å². The number of sulfonamides is 1. The van der Waals surface area contributed by atoms with Crippen molar-refractivity contribution in [1.29, 1.82) is 0 Å². The van der Waals surface area contributed by atoms with Crippen molar-refractivity contribution in [2.75, 3.05) is 13.1 Å². The Hall–Kier alpha value is -1.19. The molecule has 0 fully saturated rings. The van der Waals surface area contributed by atoms with E-state index in [1.54, 1.807) is 0 Å².